The van der Waals surface area contributed by atoms with E-state index in [-0.39, 0.29) is 39.6 Å². The Labute approximate surface area is 337 Å². The van der Waals surface area contributed by atoms with Crippen LogP contribution in [0.5, 0.6) is 0 Å². The number of rotatable bonds is 23. The van der Waals surface area contributed by atoms with Crippen LogP contribution in [0.1, 0.15) is 53.5 Å². The second kappa shape index (κ2) is 22.3. The summed E-state index contributed by atoms with van der Waals surface area (Å²) in [5, 5.41) is 0. The van der Waals surface area contributed by atoms with Crippen molar-refractivity contribution in [1.29, 1.82) is 0 Å². The zero-order valence-electron chi connectivity index (χ0n) is 32.6. The van der Waals surface area contributed by atoms with Crippen molar-refractivity contribution in [2.75, 3.05) is 13.2 Å². The molecule has 0 aromatic heterocycles. The van der Waals surface area contributed by atoms with Gasteiger partial charge >= 0.3 is 0 Å². The van der Waals surface area contributed by atoms with Crippen LogP contribution in [0.3, 0.4) is 0 Å². The van der Waals surface area contributed by atoms with Gasteiger partial charge in [-0.15, -0.1) is 0 Å². The highest BCUT2D eigenvalue weighted by Crippen LogP contribution is 2.43. The SMILES string of the molecule is NCCCCCCOC1(C(N)=O)[C@@H](OCc2ccccc2)[C@H](OCc2ccccc2)C(OCc2ccccc2)[C@H](OCc2ccccc2)[C@@H]1OCc1ccccc1. The van der Waals surface area contributed by atoms with Gasteiger partial charge in [-0.25, -0.2) is 0 Å². The fourth-order valence-electron chi connectivity index (χ4n) is 7.35. The van der Waals surface area contributed by atoms with Crippen molar-refractivity contribution in [2.24, 2.45) is 11.5 Å². The predicted octanol–water partition coefficient (Wildman–Crippen LogP) is 7.69. The van der Waals surface area contributed by atoms with Crippen LogP contribution in [0.15, 0.2) is 152 Å². The maximum atomic E-state index is 14.6. The Balaban J connectivity index is 1.48. The summed E-state index contributed by atoms with van der Waals surface area (Å²) in [5.74, 6) is -0.733. The summed E-state index contributed by atoms with van der Waals surface area (Å²) < 4.78 is 41.6. The number of amides is 1. The Hall–Kier alpha value is -4.71. The molecule has 0 spiro atoms. The van der Waals surface area contributed by atoms with Gasteiger partial charge in [-0.2, -0.15) is 0 Å². The van der Waals surface area contributed by atoms with Crippen LogP contribution in [0, 0.1) is 0 Å². The van der Waals surface area contributed by atoms with E-state index in [4.69, 9.17) is 39.9 Å². The van der Waals surface area contributed by atoms with Gasteiger partial charge in [0.15, 0.2) is 0 Å². The maximum Gasteiger partial charge on any atom is 0.255 e. The molecule has 1 aliphatic carbocycles. The molecular weight excluding hydrogens is 717 g/mol. The maximum absolute atomic E-state index is 14.6. The fourth-order valence-corrected chi connectivity index (χ4v) is 7.35. The first-order valence-electron chi connectivity index (χ1n) is 20.0. The van der Waals surface area contributed by atoms with Crippen molar-refractivity contribution < 1.29 is 33.2 Å². The molecule has 5 aromatic carbocycles. The lowest BCUT2D eigenvalue weighted by Crippen LogP contribution is -2.77. The van der Waals surface area contributed by atoms with E-state index in [1.54, 1.807) is 0 Å². The molecule has 0 saturated heterocycles. The molecule has 0 aliphatic heterocycles. The van der Waals surface area contributed by atoms with E-state index in [0.717, 1.165) is 47.1 Å². The van der Waals surface area contributed by atoms with Gasteiger partial charge in [0.2, 0.25) is 5.60 Å². The molecule has 0 radical (unpaired) electrons. The molecule has 6 atom stereocenters. The van der Waals surface area contributed by atoms with Crippen molar-refractivity contribution in [3.63, 3.8) is 0 Å². The summed E-state index contributed by atoms with van der Waals surface area (Å²) in [5.41, 5.74) is 15.2. The van der Waals surface area contributed by atoms with E-state index < -0.39 is 42.0 Å². The van der Waals surface area contributed by atoms with Gasteiger partial charge in [0, 0.05) is 6.61 Å². The molecule has 300 valence electrons. The largest absolute Gasteiger partial charge is 0.368 e. The molecule has 1 aliphatic rings. The van der Waals surface area contributed by atoms with E-state index in [9.17, 15) is 4.79 Å². The average molecular weight is 773 g/mol. The molecule has 1 saturated carbocycles. The second-order valence-electron chi connectivity index (χ2n) is 14.4. The number of primary amides is 1. The van der Waals surface area contributed by atoms with Gasteiger partial charge < -0.3 is 39.9 Å². The summed E-state index contributed by atoms with van der Waals surface area (Å²) in [7, 11) is 0. The number of carbonyl (C=O) groups is 1. The van der Waals surface area contributed by atoms with E-state index in [2.05, 4.69) is 0 Å². The number of ether oxygens (including phenoxy) is 6. The van der Waals surface area contributed by atoms with Crippen LogP contribution in [0.25, 0.3) is 0 Å². The molecule has 2 unspecified atom stereocenters. The van der Waals surface area contributed by atoms with Gasteiger partial charge in [-0.05, 0) is 47.2 Å². The Morgan fingerprint density at radius 2 is 0.754 bits per heavy atom. The van der Waals surface area contributed by atoms with Crippen molar-refractivity contribution in [3.05, 3.63) is 179 Å². The highest BCUT2D eigenvalue weighted by molar-refractivity contribution is 5.86. The molecule has 6 rings (SSSR count). The normalized spacial score (nSPS) is 21.9. The Morgan fingerprint density at radius 3 is 1.09 bits per heavy atom. The average Bonchev–Trinajstić information content (AvgIpc) is 3.26. The lowest BCUT2D eigenvalue weighted by Gasteiger charge is -2.54. The highest BCUT2D eigenvalue weighted by atomic mass is 16.6. The number of carbonyl (C=O) groups excluding carboxylic acids is 1. The summed E-state index contributed by atoms with van der Waals surface area (Å²) in [6.07, 6.45) is -1.40. The standard InChI is InChI=1S/C48H56N2O7/c49-30-18-1-2-19-31-57-48(47(50)51)45(55-35-40-26-14-6-15-27-40)43(53-33-38-22-10-4-11-23-38)42(52-32-37-20-8-3-9-21-37)44(54-34-39-24-12-5-13-25-39)46(48)56-36-41-28-16-7-17-29-41/h3-17,20-29,42-46H,1-2,18-19,30-36,49H2,(H2,50,51)/t42?,43-,44+,45-,46-,48?/m0/s1. The number of unbranched alkanes of at least 4 members (excludes halogenated alkanes) is 3. The minimum atomic E-state index is -1.87. The highest BCUT2D eigenvalue weighted by Gasteiger charge is 2.67. The van der Waals surface area contributed by atoms with Gasteiger partial charge in [0.05, 0.1) is 33.0 Å². The summed E-state index contributed by atoms with van der Waals surface area (Å²) in [6.45, 7) is 1.78. The summed E-state index contributed by atoms with van der Waals surface area (Å²) in [6, 6.07) is 49.3. The molecule has 5 aromatic rings. The third-order valence-electron chi connectivity index (χ3n) is 10.3. The quantitative estimate of drug-likeness (QED) is 0.0649. The third kappa shape index (κ3) is 11.7. The first kappa shape index (κ1) is 41.9. The van der Waals surface area contributed by atoms with Crippen molar-refractivity contribution in [3.8, 4) is 0 Å². The number of benzene rings is 5. The lowest BCUT2D eigenvalue weighted by molar-refractivity contribution is -0.316. The zero-order chi connectivity index (χ0) is 39.5. The topological polar surface area (TPSA) is 124 Å². The van der Waals surface area contributed by atoms with Crippen LogP contribution in [-0.2, 0) is 66.3 Å². The number of hydrogen-bond acceptors (Lipinski definition) is 8. The molecule has 9 nitrogen and oxygen atoms in total. The van der Waals surface area contributed by atoms with Gasteiger partial charge in [0.1, 0.15) is 30.5 Å². The van der Waals surface area contributed by atoms with Crippen molar-refractivity contribution in [1.82, 2.24) is 0 Å². The first-order chi connectivity index (χ1) is 28.1. The van der Waals surface area contributed by atoms with E-state index in [0.29, 0.717) is 13.0 Å². The number of hydrogen-bond donors (Lipinski definition) is 2. The number of nitrogens with two attached hydrogens (primary N) is 2. The van der Waals surface area contributed by atoms with Crippen LogP contribution in [0.2, 0.25) is 0 Å². The van der Waals surface area contributed by atoms with Gasteiger partial charge in [0.25, 0.3) is 5.91 Å². The van der Waals surface area contributed by atoms with E-state index in [1.165, 1.54) is 0 Å². The molecule has 1 fully saturated rings. The van der Waals surface area contributed by atoms with E-state index >= 15 is 0 Å². The van der Waals surface area contributed by atoms with Crippen LogP contribution in [0.4, 0.5) is 0 Å². The molecule has 57 heavy (non-hydrogen) atoms. The summed E-state index contributed by atoms with van der Waals surface area (Å²) >= 11 is 0. The van der Waals surface area contributed by atoms with Crippen molar-refractivity contribution >= 4 is 5.91 Å². The fraction of sp³-hybridized carbons (Fsp3) is 0.354. The molecule has 4 N–H and O–H groups in total. The second-order valence-corrected chi connectivity index (χ2v) is 14.4. The lowest BCUT2D eigenvalue weighted by atomic mass is 9.73. The van der Waals surface area contributed by atoms with Crippen LogP contribution < -0.4 is 11.5 Å². The van der Waals surface area contributed by atoms with Crippen LogP contribution in [-0.4, -0.2) is 55.2 Å². The first-order valence-corrected chi connectivity index (χ1v) is 20.0. The molecule has 9 heteroatoms. The van der Waals surface area contributed by atoms with Crippen molar-refractivity contribution in [2.45, 2.75) is 94.8 Å². The monoisotopic (exact) mass is 772 g/mol. The Kier molecular flexibility index (Phi) is 16.4. The molecule has 0 bridgehead atoms. The van der Waals surface area contributed by atoms with Crippen LogP contribution >= 0.6 is 0 Å². The zero-order valence-corrected chi connectivity index (χ0v) is 32.6. The molecule has 0 heterocycles. The minimum Gasteiger partial charge on any atom is -0.368 e. The molecule has 1 amide bonds. The minimum absolute atomic E-state index is 0.151. The molecular formula is C48H56N2O7. The van der Waals surface area contributed by atoms with Gasteiger partial charge in [-0.1, -0.05) is 165 Å². The third-order valence-corrected chi connectivity index (χ3v) is 10.3. The summed E-state index contributed by atoms with van der Waals surface area (Å²) in [4.78, 5) is 14.6. The smallest absolute Gasteiger partial charge is 0.255 e. The van der Waals surface area contributed by atoms with Gasteiger partial charge in [-0.3, -0.25) is 4.79 Å². The predicted molar refractivity (Wildman–Crippen MR) is 220 cm³/mol. The Bertz CT molecular complexity index is 1750. The van der Waals surface area contributed by atoms with E-state index in [1.807, 2.05) is 152 Å². The Morgan fingerprint density at radius 1 is 0.439 bits per heavy atom.